The van der Waals surface area contributed by atoms with Crippen molar-refractivity contribution in [2.75, 3.05) is 0 Å². The largest absolute Gasteiger partial charge is 0.425 e. The van der Waals surface area contributed by atoms with Crippen LogP contribution < -0.4 is 9.47 Å². The predicted molar refractivity (Wildman–Crippen MR) is 119 cm³/mol. The Bertz CT molecular complexity index is 1120. The van der Waals surface area contributed by atoms with Gasteiger partial charge in [0.05, 0.1) is 10.0 Å². The maximum atomic E-state index is 9.95. The summed E-state index contributed by atoms with van der Waals surface area (Å²) in [5, 5.41) is 3.95. The van der Waals surface area contributed by atoms with Gasteiger partial charge >= 0.3 is 10.6 Å². The van der Waals surface area contributed by atoms with Gasteiger partial charge in [0.2, 0.25) is 5.06 Å². The van der Waals surface area contributed by atoms with Crippen LogP contribution in [0.25, 0.3) is 9.69 Å². The quantitative estimate of drug-likeness (QED) is 0.402. The zero-order chi connectivity index (χ0) is 24.5. The van der Waals surface area contributed by atoms with Crippen LogP contribution >= 0.6 is 22.7 Å². The van der Waals surface area contributed by atoms with Gasteiger partial charge in [-0.3, -0.25) is 19.6 Å². The number of aryl methyl sites for hydroxylation is 3. The van der Waals surface area contributed by atoms with Crippen LogP contribution in [-0.2, 0) is 20.2 Å². The molecule has 1 N–H and O–H groups in total. The first-order chi connectivity index (χ1) is 15.2. The van der Waals surface area contributed by atoms with Gasteiger partial charge in [-0.25, -0.2) is 4.98 Å². The minimum absolute atomic E-state index is 0. The van der Waals surface area contributed by atoms with Crippen LogP contribution in [0.1, 0.15) is 23.3 Å². The van der Waals surface area contributed by atoms with E-state index < -0.39 is 10.6 Å². The van der Waals surface area contributed by atoms with E-state index >= 15 is 0 Å². The molecule has 0 fully saturated rings. The molecule has 0 saturated heterocycles. The number of imidazole rings is 1. The van der Waals surface area contributed by atoms with Crippen molar-refractivity contribution in [1.82, 2.24) is 19.9 Å². The highest BCUT2D eigenvalue weighted by Gasteiger charge is 2.11. The highest BCUT2D eigenvalue weighted by atomic mass is 32.2. The Morgan fingerprint density at radius 2 is 1.64 bits per heavy atom. The minimum atomic E-state index is -3.11. The molecule has 0 amide bonds. The molecule has 0 aromatic carbocycles. The smallest absolute Gasteiger partial charge is 0.412 e. The highest BCUT2D eigenvalue weighted by molar-refractivity contribution is 7.59. The second kappa shape index (κ2) is 17.7. The maximum absolute atomic E-state index is 9.95. The molecule has 0 bridgehead atoms. The van der Waals surface area contributed by atoms with Gasteiger partial charge in [0.25, 0.3) is 36.3 Å². The molecular weight excluding hydrogens is 496 g/mol. The molecular formula is C17H18N6O7S3. The number of ether oxygens (including phenoxy) is 2. The Balaban J connectivity index is 0. The first-order valence-corrected chi connectivity index (χ1v) is 10.5. The summed E-state index contributed by atoms with van der Waals surface area (Å²) in [4.78, 5) is 40.2. The fraction of sp³-hybridized carbons (Fsp3) is 0.235. The Morgan fingerprint density at radius 3 is 2.00 bits per heavy atom. The third-order valence-electron chi connectivity index (χ3n) is 2.55. The zero-order valence-electron chi connectivity index (χ0n) is 16.6. The van der Waals surface area contributed by atoms with Gasteiger partial charge < -0.3 is 19.2 Å². The first-order valence-electron chi connectivity index (χ1n) is 7.80. The Hall–Kier alpha value is -3.99. The summed E-state index contributed by atoms with van der Waals surface area (Å²) < 4.78 is 34.3. The topological polar surface area (TPSA) is 167 Å². The molecule has 176 valence electrons. The summed E-state index contributed by atoms with van der Waals surface area (Å²) in [5.41, 5.74) is 0. The highest BCUT2D eigenvalue weighted by Crippen LogP contribution is 2.32. The summed E-state index contributed by atoms with van der Waals surface area (Å²) in [6.45, 7) is 19.1. The normalized spacial score (nSPS) is 8.15. The number of carbonyl (C=O) groups is 2. The van der Waals surface area contributed by atoms with E-state index in [9.17, 15) is 9.59 Å². The van der Waals surface area contributed by atoms with E-state index in [0.29, 0.717) is 10.8 Å². The van der Waals surface area contributed by atoms with E-state index in [-0.39, 0.29) is 43.0 Å². The van der Waals surface area contributed by atoms with Gasteiger partial charge in [-0.05, 0) is 13.8 Å². The maximum Gasteiger partial charge on any atom is 0.425 e. The summed E-state index contributed by atoms with van der Waals surface area (Å²) in [7, 11) is -3.11. The molecule has 3 rings (SSSR count). The molecule has 33 heavy (non-hydrogen) atoms. The molecule has 16 heteroatoms. The van der Waals surface area contributed by atoms with Gasteiger partial charge in [-0.2, -0.15) is 0 Å². The number of nitrogens with one attached hydrogen (secondary N) is 1. The number of nitrogens with zero attached hydrogens (tertiary/aromatic N) is 5. The van der Waals surface area contributed by atoms with Crippen LogP contribution in [0.5, 0.6) is 10.9 Å². The summed E-state index contributed by atoms with van der Waals surface area (Å²) in [6.07, 6.45) is 1.81. The van der Waals surface area contributed by atoms with E-state index in [4.69, 9.17) is 25.8 Å². The lowest BCUT2D eigenvalue weighted by Crippen LogP contribution is -1.93. The van der Waals surface area contributed by atoms with Crippen LogP contribution in [0.2, 0.25) is 0 Å². The molecule has 13 nitrogen and oxygen atoms in total. The van der Waals surface area contributed by atoms with Crippen LogP contribution in [0, 0.1) is 33.9 Å². The minimum Gasteiger partial charge on any atom is -0.412 e. The molecule has 3 aromatic heterocycles. The Morgan fingerprint density at radius 1 is 1.03 bits per heavy atom. The number of carbonyl (C=O) groups excluding carboxylic acids is 2. The molecule has 0 unspecified atom stereocenters. The van der Waals surface area contributed by atoms with Crippen molar-refractivity contribution >= 4 is 57.9 Å². The van der Waals surface area contributed by atoms with Crippen molar-refractivity contribution in [3.8, 4) is 10.9 Å². The van der Waals surface area contributed by atoms with Crippen LogP contribution in [0.15, 0.2) is 11.6 Å². The monoisotopic (exact) mass is 514 g/mol. The third kappa shape index (κ3) is 13.8. The Kier molecular flexibility index (Phi) is 16.7. The van der Waals surface area contributed by atoms with E-state index in [1.165, 1.54) is 0 Å². The Labute approximate surface area is 198 Å². The number of rotatable bonds is 4. The molecule has 0 saturated carbocycles. The lowest BCUT2D eigenvalue weighted by molar-refractivity contribution is -0.123. The van der Waals surface area contributed by atoms with Gasteiger partial charge in [-0.15, -0.1) is 24.0 Å². The molecule has 3 aromatic rings. The average molecular weight is 515 g/mol. The van der Waals surface area contributed by atoms with Crippen molar-refractivity contribution in [2.45, 2.75) is 28.2 Å². The number of aromatic amines is 1. The number of thiazole rings is 2. The van der Waals surface area contributed by atoms with Gasteiger partial charge in [-0.1, -0.05) is 36.9 Å². The second-order valence-corrected chi connectivity index (χ2v) is 7.40. The van der Waals surface area contributed by atoms with Gasteiger partial charge in [0.1, 0.15) is 0 Å². The molecule has 0 aliphatic heterocycles. The lowest BCUT2D eigenvalue weighted by Gasteiger charge is -1.93. The third-order valence-corrected chi connectivity index (χ3v) is 4.09. The molecule has 0 aliphatic carbocycles. The second-order valence-electron chi connectivity index (χ2n) is 4.73. The number of H-pyrrole nitrogens is 1. The van der Waals surface area contributed by atoms with Crippen molar-refractivity contribution in [2.24, 2.45) is 0 Å². The van der Waals surface area contributed by atoms with Crippen LogP contribution in [0.3, 0.4) is 0 Å². The summed E-state index contributed by atoms with van der Waals surface area (Å²) in [6, 6.07) is 0. The van der Waals surface area contributed by atoms with Gasteiger partial charge in [0.15, 0.2) is 0 Å². The predicted octanol–water partition coefficient (Wildman–Crippen LogP) is 3.43. The fourth-order valence-corrected chi connectivity index (χ4v) is 2.65. The molecule has 0 atom stereocenters. The molecule has 0 radical (unpaired) electrons. The standard InChI is InChI=1S/C6H4N4.C6H5NO4S.C4H5NS.CH4.O3S/c1-4-9-5(7-2)6(8-3)10-4;1-4-7-5(10-2-8)6(12-4)11-3-9;1-4-5-2-3-6-4;;1-4(2)3/h1H3,(H,9,10);2-3H,1H3;2-3H,1H3;1H4;. The molecule has 0 aliphatic rings. The van der Waals surface area contributed by atoms with Crippen molar-refractivity contribution in [3.05, 3.63) is 50.3 Å². The average Bonchev–Trinajstić information content (AvgIpc) is 3.43. The lowest BCUT2D eigenvalue weighted by atomic mass is 10.7. The number of aromatic nitrogens is 4. The van der Waals surface area contributed by atoms with E-state index in [2.05, 4.69) is 39.1 Å². The van der Waals surface area contributed by atoms with E-state index in [1.807, 2.05) is 12.3 Å². The summed E-state index contributed by atoms with van der Waals surface area (Å²) >= 11 is 2.80. The van der Waals surface area contributed by atoms with Crippen molar-refractivity contribution in [1.29, 1.82) is 0 Å². The fourth-order valence-electron chi connectivity index (χ4n) is 1.55. The van der Waals surface area contributed by atoms with Gasteiger partial charge in [0, 0.05) is 18.5 Å². The number of hydrogen-bond acceptors (Lipinski definition) is 12. The molecule has 0 spiro atoms. The van der Waals surface area contributed by atoms with Crippen LogP contribution in [-0.4, -0.2) is 45.5 Å². The summed E-state index contributed by atoms with van der Waals surface area (Å²) in [5.74, 6) is 1.02. The van der Waals surface area contributed by atoms with Crippen molar-refractivity contribution in [3.63, 3.8) is 0 Å². The number of hydrogen-bond donors (Lipinski definition) is 1. The molecule has 3 heterocycles. The zero-order valence-corrected chi connectivity index (χ0v) is 19.1. The van der Waals surface area contributed by atoms with E-state index in [0.717, 1.165) is 16.3 Å². The SMILES string of the molecule is C.Cc1nc(OC=O)c(OC=O)s1.Cc1nccs1.O=S(=O)=O.[C-]#[N+]c1nc(C)[nH]c1[N+]#[C-]. The van der Waals surface area contributed by atoms with E-state index in [1.54, 1.807) is 31.4 Å². The first kappa shape index (κ1) is 31.2. The van der Waals surface area contributed by atoms with Crippen LogP contribution in [0.4, 0.5) is 11.6 Å². The van der Waals surface area contributed by atoms with Crippen molar-refractivity contribution < 1.29 is 31.7 Å².